The van der Waals surface area contributed by atoms with Gasteiger partial charge in [0.25, 0.3) is 0 Å². The molecule has 0 aromatic carbocycles. The highest BCUT2D eigenvalue weighted by Gasteiger charge is 2.52. The molecule has 8 nitrogen and oxygen atoms in total. The highest BCUT2D eigenvalue weighted by molar-refractivity contribution is 6.32. The second kappa shape index (κ2) is 5.66. The van der Waals surface area contributed by atoms with Gasteiger partial charge in [0.1, 0.15) is 18.3 Å². The number of nitrogens with two attached hydrogens (primary N) is 1. The molecule has 1 saturated heterocycles. The van der Waals surface area contributed by atoms with Crippen LogP contribution in [0.2, 0.25) is 0 Å². The Labute approximate surface area is 108 Å². The molecular weight excluding hydrogens is 270 g/mol. The molecule has 1 heterocycles. The van der Waals surface area contributed by atoms with Crippen molar-refractivity contribution in [3.8, 4) is 0 Å². The summed E-state index contributed by atoms with van der Waals surface area (Å²) in [6, 6.07) is -1.13. The van der Waals surface area contributed by atoms with E-state index in [1.165, 1.54) is 0 Å². The number of carbonyl (C=O) groups is 1. The maximum Gasteiger partial charge on any atom is 0.351 e. The largest absolute Gasteiger partial charge is 0.478 e. The molecule has 9 heteroatoms. The van der Waals surface area contributed by atoms with Crippen molar-refractivity contribution in [2.24, 2.45) is 5.73 Å². The highest BCUT2D eigenvalue weighted by atomic mass is 35.5. The van der Waals surface area contributed by atoms with E-state index in [0.29, 0.717) is 0 Å². The number of alkyl halides is 1. The number of rotatable bonds is 4. The summed E-state index contributed by atoms with van der Waals surface area (Å²) in [4.78, 5) is 10.9. The topological polar surface area (TPSA) is 153 Å². The van der Waals surface area contributed by atoms with E-state index in [1.807, 2.05) is 0 Å². The molecule has 0 bridgehead atoms. The van der Waals surface area contributed by atoms with Gasteiger partial charge in [0.2, 0.25) is 5.06 Å². The predicted octanol–water partition coefficient (Wildman–Crippen LogP) is -2.80. The summed E-state index contributed by atoms with van der Waals surface area (Å²) in [6.07, 6.45) is -6.44. The second-order valence-corrected chi connectivity index (χ2v) is 4.82. The zero-order valence-electron chi connectivity index (χ0n) is 9.31. The molecule has 0 amide bonds. The molecule has 0 aromatic rings. The molecule has 106 valence electrons. The predicted molar refractivity (Wildman–Crippen MR) is 58.8 cm³/mol. The molecule has 6 atom stereocenters. The summed E-state index contributed by atoms with van der Waals surface area (Å²) in [5.74, 6) is -1.54. The van der Waals surface area contributed by atoms with E-state index in [0.717, 1.165) is 0 Å². The first-order valence-corrected chi connectivity index (χ1v) is 5.61. The van der Waals surface area contributed by atoms with Gasteiger partial charge >= 0.3 is 5.97 Å². The maximum absolute atomic E-state index is 10.9. The van der Waals surface area contributed by atoms with Crippen LogP contribution in [0.1, 0.15) is 6.42 Å². The normalized spacial score (nSPS) is 40.2. The number of halogens is 1. The molecular formula is C9H16ClNO7. The quantitative estimate of drug-likeness (QED) is 0.303. The van der Waals surface area contributed by atoms with Crippen molar-refractivity contribution in [1.82, 2.24) is 0 Å². The van der Waals surface area contributed by atoms with Crippen molar-refractivity contribution in [3.05, 3.63) is 0 Å². The van der Waals surface area contributed by atoms with Gasteiger partial charge in [-0.2, -0.15) is 0 Å². The number of aliphatic hydroxyl groups is 4. The fourth-order valence-electron chi connectivity index (χ4n) is 1.73. The Hall–Kier alpha value is -0.480. The van der Waals surface area contributed by atoms with Crippen molar-refractivity contribution in [1.29, 1.82) is 0 Å². The number of aliphatic hydroxyl groups excluding tert-OH is 4. The standard InChI is InChI=1S/C9H16ClNO7/c10-9(8(16)17)1-3(13)5(11)7(18-9)6(15)4(14)2-12/h3-7,12-15H,1-2,11H2,(H,16,17)/t3-,4+,5+,6+,7+,9+/m0/s1. The Morgan fingerprint density at radius 3 is 2.56 bits per heavy atom. The molecule has 0 spiro atoms. The highest BCUT2D eigenvalue weighted by Crippen LogP contribution is 2.34. The van der Waals surface area contributed by atoms with Gasteiger partial charge in [0, 0.05) is 6.42 Å². The summed E-state index contributed by atoms with van der Waals surface area (Å²) in [6.45, 7) is -0.772. The summed E-state index contributed by atoms with van der Waals surface area (Å²) < 4.78 is 4.96. The molecule has 0 radical (unpaired) electrons. The van der Waals surface area contributed by atoms with E-state index in [1.54, 1.807) is 0 Å². The van der Waals surface area contributed by atoms with E-state index in [2.05, 4.69) is 0 Å². The third-order valence-corrected chi connectivity index (χ3v) is 3.26. The number of carboxylic acid groups (broad SMARTS) is 1. The van der Waals surface area contributed by atoms with Crippen LogP contribution in [-0.2, 0) is 9.53 Å². The SMILES string of the molecule is N[C@H]1[C@H]([C@H](O)[C@H](O)CO)O[C@@](Cl)(C(=O)O)C[C@@H]1O. The van der Waals surface area contributed by atoms with Crippen LogP contribution >= 0.6 is 11.6 Å². The average molecular weight is 286 g/mol. The van der Waals surface area contributed by atoms with Gasteiger partial charge in [-0.25, -0.2) is 4.79 Å². The zero-order valence-corrected chi connectivity index (χ0v) is 10.1. The summed E-state index contributed by atoms with van der Waals surface area (Å²) in [5.41, 5.74) is 5.56. The summed E-state index contributed by atoms with van der Waals surface area (Å²) in [7, 11) is 0. The average Bonchev–Trinajstić information content (AvgIpc) is 2.31. The Morgan fingerprint density at radius 1 is 1.56 bits per heavy atom. The molecule has 1 rings (SSSR count). The fraction of sp³-hybridized carbons (Fsp3) is 0.889. The summed E-state index contributed by atoms with van der Waals surface area (Å²) in [5, 5.41) is 44.0. The molecule has 0 aromatic heterocycles. The minimum absolute atomic E-state index is 0.455. The number of ether oxygens (including phenoxy) is 1. The molecule has 1 fully saturated rings. The van der Waals surface area contributed by atoms with Gasteiger partial charge in [-0.3, -0.25) is 0 Å². The van der Waals surface area contributed by atoms with Crippen LogP contribution in [0.3, 0.4) is 0 Å². The first-order valence-electron chi connectivity index (χ1n) is 5.23. The molecule has 0 unspecified atom stereocenters. The van der Waals surface area contributed by atoms with E-state index >= 15 is 0 Å². The third kappa shape index (κ3) is 2.91. The number of hydrogen-bond donors (Lipinski definition) is 6. The van der Waals surface area contributed by atoms with Crippen molar-refractivity contribution in [3.63, 3.8) is 0 Å². The van der Waals surface area contributed by atoms with Crippen LogP contribution in [0.25, 0.3) is 0 Å². The van der Waals surface area contributed by atoms with Gasteiger partial charge in [-0.1, -0.05) is 11.6 Å². The fourth-order valence-corrected chi connectivity index (χ4v) is 1.99. The first kappa shape index (κ1) is 15.6. The van der Waals surface area contributed by atoms with Crippen LogP contribution in [-0.4, -0.2) is 73.6 Å². The number of carboxylic acids is 1. The lowest BCUT2D eigenvalue weighted by atomic mass is 9.90. The lowest BCUT2D eigenvalue weighted by molar-refractivity contribution is -0.203. The van der Waals surface area contributed by atoms with Gasteiger partial charge in [0.05, 0.1) is 18.8 Å². The molecule has 0 saturated carbocycles. The Bertz CT molecular complexity index is 317. The van der Waals surface area contributed by atoms with Crippen LogP contribution in [0.15, 0.2) is 0 Å². The first-order chi connectivity index (χ1) is 8.23. The van der Waals surface area contributed by atoms with Crippen molar-refractivity contribution >= 4 is 17.6 Å². The van der Waals surface area contributed by atoms with E-state index in [9.17, 15) is 20.1 Å². The molecule has 1 aliphatic heterocycles. The van der Waals surface area contributed by atoms with Gasteiger partial charge < -0.3 is 36.0 Å². The minimum Gasteiger partial charge on any atom is -0.478 e. The lowest BCUT2D eigenvalue weighted by Gasteiger charge is -2.42. The third-order valence-electron chi connectivity index (χ3n) is 2.86. The van der Waals surface area contributed by atoms with Crippen molar-refractivity contribution in [2.75, 3.05) is 6.61 Å². The monoisotopic (exact) mass is 285 g/mol. The minimum atomic E-state index is -2.23. The Kier molecular flexibility index (Phi) is 4.90. The Morgan fingerprint density at radius 2 is 2.11 bits per heavy atom. The van der Waals surface area contributed by atoms with E-state index in [-0.39, 0.29) is 0 Å². The van der Waals surface area contributed by atoms with E-state index < -0.39 is 54.5 Å². The van der Waals surface area contributed by atoms with Crippen molar-refractivity contribution < 1.29 is 35.1 Å². The second-order valence-electron chi connectivity index (χ2n) is 4.21. The van der Waals surface area contributed by atoms with Gasteiger partial charge in [0.15, 0.2) is 0 Å². The molecule has 0 aliphatic carbocycles. The van der Waals surface area contributed by atoms with Crippen LogP contribution in [0.4, 0.5) is 0 Å². The van der Waals surface area contributed by atoms with Gasteiger partial charge in [-0.05, 0) is 0 Å². The molecule has 1 aliphatic rings. The van der Waals surface area contributed by atoms with E-state index in [4.69, 9.17) is 32.3 Å². The Balaban J connectivity index is 2.92. The smallest absolute Gasteiger partial charge is 0.351 e. The van der Waals surface area contributed by atoms with Crippen LogP contribution in [0.5, 0.6) is 0 Å². The number of hydrogen-bond acceptors (Lipinski definition) is 7. The molecule has 18 heavy (non-hydrogen) atoms. The van der Waals surface area contributed by atoms with Crippen LogP contribution in [0, 0.1) is 0 Å². The zero-order chi connectivity index (χ0) is 14.1. The maximum atomic E-state index is 10.9. The van der Waals surface area contributed by atoms with Crippen molar-refractivity contribution in [2.45, 2.75) is 41.9 Å². The van der Waals surface area contributed by atoms with Gasteiger partial charge in [-0.15, -0.1) is 0 Å². The van der Waals surface area contributed by atoms with Crippen LogP contribution < -0.4 is 5.73 Å². The molecule has 7 N–H and O–H groups in total. The number of aliphatic carboxylic acids is 1. The lowest BCUT2D eigenvalue weighted by Crippen LogP contribution is -2.64. The summed E-state index contributed by atoms with van der Waals surface area (Å²) >= 11 is 5.66.